The lowest BCUT2D eigenvalue weighted by Crippen LogP contribution is -2.15. The van der Waals surface area contributed by atoms with Gasteiger partial charge in [-0.25, -0.2) is 9.18 Å². The molecule has 0 unspecified atom stereocenters. The van der Waals surface area contributed by atoms with Crippen molar-refractivity contribution in [1.82, 2.24) is 15.2 Å². The minimum atomic E-state index is -1.42. The Morgan fingerprint density at radius 2 is 1.97 bits per heavy atom. The Balaban J connectivity index is 1.64. The number of fused-ring (bicyclic) bond motifs is 1. The van der Waals surface area contributed by atoms with Gasteiger partial charge in [0.1, 0.15) is 11.4 Å². The number of nitrogens with zero attached hydrogens (tertiary/aromatic N) is 3. The Hall–Kier alpha value is -4.06. The molecule has 4 rings (SSSR count). The van der Waals surface area contributed by atoms with Crippen molar-refractivity contribution in [3.63, 3.8) is 0 Å². The highest BCUT2D eigenvalue weighted by Crippen LogP contribution is 2.32. The number of hydrogen-bond acceptors (Lipinski definition) is 8. The first-order valence-electron chi connectivity index (χ1n) is 8.18. The van der Waals surface area contributed by atoms with E-state index in [1.54, 1.807) is 0 Å². The van der Waals surface area contributed by atoms with Gasteiger partial charge >= 0.3 is 5.97 Å². The zero-order valence-corrected chi connectivity index (χ0v) is 15.5. The van der Waals surface area contributed by atoms with Crippen molar-refractivity contribution in [3.8, 4) is 11.5 Å². The van der Waals surface area contributed by atoms with Gasteiger partial charge in [-0.2, -0.15) is 0 Å². The maximum Gasteiger partial charge on any atom is 0.341 e. The van der Waals surface area contributed by atoms with Crippen LogP contribution < -0.4 is 5.43 Å². The summed E-state index contributed by atoms with van der Waals surface area (Å²) in [5.41, 5.74) is -0.698. The molecule has 2 aromatic heterocycles. The van der Waals surface area contributed by atoms with Crippen LogP contribution in [0.4, 0.5) is 10.1 Å². The second-order valence-corrected chi connectivity index (χ2v) is 6.94. The Morgan fingerprint density at radius 3 is 2.63 bits per heavy atom. The van der Waals surface area contributed by atoms with Gasteiger partial charge in [0.15, 0.2) is 0 Å². The second-order valence-electron chi connectivity index (χ2n) is 5.94. The number of carboxylic acids is 1. The lowest BCUT2D eigenvalue weighted by atomic mass is 10.1. The van der Waals surface area contributed by atoms with Crippen LogP contribution in [-0.4, -0.2) is 31.2 Å². The Morgan fingerprint density at radius 1 is 1.23 bits per heavy atom. The number of nitro benzene ring substituents is 1. The molecule has 2 N–H and O–H groups in total. The van der Waals surface area contributed by atoms with Gasteiger partial charge in [0.05, 0.1) is 15.3 Å². The predicted octanol–water partition coefficient (Wildman–Crippen LogP) is 3.47. The van der Waals surface area contributed by atoms with E-state index < -0.39 is 27.7 Å². The average Bonchev–Trinajstić information content (AvgIpc) is 3.18. The minimum Gasteiger partial charge on any atom is -0.477 e. The average molecular weight is 428 g/mol. The number of hydrogen-bond donors (Lipinski definition) is 2. The van der Waals surface area contributed by atoms with Crippen LogP contribution in [-0.2, 0) is 0 Å². The first-order valence-corrected chi connectivity index (χ1v) is 8.99. The topological polar surface area (TPSA) is 152 Å². The largest absolute Gasteiger partial charge is 0.477 e. The molecule has 2 aromatic carbocycles. The van der Waals surface area contributed by atoms with Crippen LogP contribution in [0.2, 0.25) is 0 Å². The third-order valence-electron chi connectivity index (χ3n) is 4.09. The van der Waals surface area contributed by atoms with E-state index in [-0.39, 0.29) is 32.6 Å². The summed E-state index contributed by atoms with van der Waals surface area (Å²) in [5.74, 6) is -2.09. The summed E-state index contributed by atoms with van der Waals surface area (Å²) in [7, 11) is 0. The zero-order chi connectivity index (χ0) is 21.4. The Labute approximate surface area is 169 Å². The summed E-state index contributed by atoms with van der Waals surface area (Å²) in [6.45, 7) is 0. The lowest BCUT2D eigenvalue weighted by molar-refractivity contribution is -0.384. The SMILES string of the molecule is O=C(O)c1c[nH]c2cc(Sc3nnc(-c4ccc([N+](=O)[O-])cc4)o3)c(F)cc2c1=O. The van der Waals surface area contributed by atoms with Crippen molar-refractivity contribution in [1.29, 1.82) is 0 Å². The Bertz CT molecular complexity index is 1370. The van der Waals surface area contributed by atoms with Crippen molar-refractivity contribution >= 4 is 34.3 Å². The van der Waals surface area contributed by atoms with E-state index in [9.17, 15) is 24.1 Å². The number of carbonyl (C=O) groups is 1. The number of pyridine rings is 1. The monoisotopic (exact) mass is 428 g/mol. The molecule has 0 saturated heterocycles. The molecule has 2 heterocycles. The van der Waals surface area contributed by atoms with Crippen molar-refractivity contribution in [3.05, 3.63) is 74.3 Å². The van der Waals surface area contributed by atoms with Crippen LogP contribution in [0, 0.1) is 15.9 Å². The van der Waals surface area contributed by atoms with Gasteiger partial charge in [0.25, 0.3) is 10.9 Å². The molecule has 0 atom stereocenters. The van der Waals surface area contributed by atoms with E-state index in [2.05, 4.69) is 15.2 Å². The fourth-order valence-corrected chi connectivity index (χ4v) is 3.37. The molecular formula is C18H9FN4O6S. The molecule has 0 aliphatic rings. The molecular weight excluding hydrogens is 419 g/mol. The van der Waals surface area contributed by atoms with Crippen LogP contribution >= 0.6 is 11.8 Å². The van der Waals surface area contributed by atoms with Gasteiger partial charge in [0.2, 0.25) is 11.3 Å². The maximum atomic E-state index is 14.5. The number of rotatable bonds is 5. The van der Waals surface area contributed by atoms with Crippen molar-refractivity contribution in [2.45, 2.75) is 10.1 Å². The molecule has 12 heteroatoms. The summed E-state index contributed by atoms with van der Waals surface area (Å²) in [5, 5.41) is 27.3. The number of benzene rings is 2. The molecule has 0 bridgehead atoms. The van der Waals surface area contributed by atoms with Gasteiger partial charge in [-0.3, -0.25) is 14.9 Å². The number of halogens is 1. The fraction of sp³-hybridized carbons (Fsp3) is 0. The highest BCUT2D eigenvalue weighted by atomic mass is 32.2. The van der Waals surface area contributed by atoms with Crippen LogP contribution in [0.5, 0.6) is 0 Å². The van der Waals surface area contributed by atoms with Gasteiger partial charge < -0.3 is 14.5 Å². The molecule has 150 valence electrons. The third kappa shape index (κ3) is 3.51. The number of aromatic carboxylic acids is 1. The summed E-state index contributed by atoms with van der Waals surface area (Å²) in [6.07, 6.45) is 1.04. The zero-order valence-electron chi connectivity index (χ0n) is 14.7. The quantitative estimate of drug-likeness (QED) is 0.359. The normalized spacial score (nSPS) is 11.0. The summed E-state index contributed by atoms with van der Waals surface area (Å²) in [6, 6.07) is 7.74. The van der Waals surface area contributed by atoms with Gasteiger partial charge in [0, 0.05) is 29.3 Å². The number of non-ortho nitro benzene ring substituents is 1. The highest BCUT2D eigenvalue weighted by molar-refractivity contribution is 7.99. The summed E-state index contributed by atoms with van der Waals surface area (Å²) >= 11 is 0.807. The Kier molecular flexibility index (Phi) is 4.75. The van der Waals surface area contributed by atoms with Crippen LogP contribution in [0.15, 0.2) is 61.9 Å². The van der Waals surface area contributed by atoms with E-state index in [0.717, 1.165) is 24.0 Å². The number of aromatic nitrogens is 3. The van der Waals surface area contributed by atoms with Crippen LogP contribution in [0.1, 0.15) is 10.4 Å². The number of H-pyrrole nitrogens is 1. The van der Waals surface area contributed by atoms with E-state index >= 15 is 0 Å². The first-order chi connectivity index (χ1) is 14.3. The number of nitrogens with one attached hydrogen (secondary N) is 1. The summed E-state index contributed by atoms with van der Waals surface area (Å²) in [4.78, 5) is 36.1. The second kappa shape index (κ2) is 7.40. The van der Waals surface area contributed by atoms with Crippen LogP contribution in [0.3, 0.4) is 0 Å². The van der Waals surface area contributed by atoms with E-state index in [1.807, 2.05) is 0 Å². The fourth-order valence-electron chi connectivity index (χ4n) is 2.65. The molecule has 0 fully saturated rings. The van der Waals surface area contributed by atoms with E-state index in [1.165, 1.54) is 30.3 Å². The minimum absolute atomic E-state index is 0.00565. The van der Waals surface area contributed by atoms with Crippen LogP contribution in [0.25, 0.3) is 22.4 Å². The smallest absolute Gasteiger partial charge is 0.341 e. The molecule has 4 aromatic rings. The van der Waals surface area contributed by atoms with Crippen molar-refractivity contribution in [2.24, 2.45) is 0 Å². The van der Waals surface area contributed by atoms with E-state index in [0.29, 0.717) is 5.56 Å². The van der Waals surface area contributed by atoms with Gasteiger partial charge in [-0.1, -0.05) is 0 Å². The predicted molar refractivity (Wildman–Crippen MR) is 102 cm³/mol. The standard InChI is InChI=1S/C18H9FN4O6S/c19-12-5-10-13(20-7-11(15(10)24)17(25)26)6-14(12)30-18-22-21-16(29-18)8-1-3-9(4-2-8)23(27)28/h1-7H,(H,20,24)(H,25,26). The molecule has 0 saturated carbocycles. The molecule has 0 amide bonds. The molecule has 0 spiro atoms. The van der Waals surface area contributed by atoms with Gasteiger partial charge in [-0.05, 0) is 36.0 Å². The molecule has 0 aliphatic carbocycles. The number of carboxylic acid groups (broad SMARTS) is 1. The first kappa shape index (κ1) is 19.3. The van der Waals surface area contributed by atoms with E-state index in [4.69, 9.17) is 9.52 Å². The van der Waals surface area contributed by atoms with Gasteiger partial charge in [-0.15, -0.1) is 10.2 Å². The summed E-state index contributed by atoms with van der Waals surface area (Å²) < 4.78 is 20.0. The lowest BCUT2D eigenvalue weighted by Gasteiger charge is -2.04. The maximum absolute atomic E-state index is 14.5. The molecule has 10 nitrogen and oxygen atoms in total. The van der Waals surface area contributed by atoms with Crippen molar-refractivity contribution < 1.29 is 23.6 Å². The third-order valence-corrected chi connectivity index (χ3v) is 4.96. The molecule has 30 heavy (non-hydrogen) atoms. The number of nitro groups is 1. The molecule has 0 aliphatic heterocycles. The van der Waals surface area contributed by atoms with Crippen molar-refractivity contribution in [2.75, 3.05) is 0 Å². The highest BCUT2D eigenvalue weighted by Gasteiger charge is 2.17. The molecule has 0 radical (unpaired) electrons. The number of aromatic amines is 1.